The molecule has 2 atom stereocenters. The fourth-order valence-electron chi connectivity index (χ4n) is 6.98. The molecule has 0 aliphatic carbocycles. The first-order valence-corrected chi connectivity index (χ1v) is 13.6. The van der Waals surface area contributed by atoms with Gasteiger partial charge in [-0.1, -0.05) is 36.4 Å². The minimum Gasteiger partial charge on any atom is -0.496 e. The van der Waals surface area contributed by atoms with Gasteiger partial charge in [0.25, 0.3) is 0 Å². The number of hydrogen-bond donors (Lipinski definition) is 0. The summed E-state index contributed by atoms with van der Waals surface area (Å²) in [6, 6.07) is 21.9. The number of fused-ring (bicyclic) bond motifs is 6. The third-order valence-electron chi connectivity index (χ3n) is 8.76. The third-order valence-corrected chi connectivity index (χ3v) is 8.76. The molecule has 0 radical (unpaired) electrons. The Morgan fingerprint density at radius 2 is 1.59 bits per heavy atom. The highest BCUT2D eigenvalue weighted by Gasteiger charge is 2.41. The van der Waals surface area contributed by atoms with Gasteiger partial charge >= 0.3 is 0 Å². The molecule has 6 heteroatoms. The Morgan fingerprint density at radius 3 is 2.38 bits per heavy atom. The van der Waals surface area contributed by atoms with E-state index in [-0.39, 0.29) is 12.0 Å². The van der Waals surface area contributed by atoms with Crippen molar-refractivity contribution in [1.29, 1.82) is 0 Å². The molecule has 0 saturated carbocycles. The number of hydrogen-bond acceptors (Lipinski definition) is 6. The van der Waals surface area contributed by atoms with E-state index >= 15 is 0 Å². The maximum atomic E-state index is 5.94. The van der Waals surface area contributed by atoms with Crippen molar-refractivity contribution in [3.8, 4) is 28.7 Å². The first kappa shape index (κ1) is 24.2. The second-order valence-corrected chi connectivity index (χ2v) is 10.6. The van der Waals surface area contributed by atoms with Crippen LogP contribution < -0.4 is 23.7 Å². The lowest BCUT2D eigenvalue weighted by molar-refractivity contribution is 0.127. The van der Waals surface area contributed by atoms with Crippen LogP contribution in [-0.2, 0) is 19.4 Å². The van der Waals surface area contributed by atoms with Crippen LogP contribution in [0.25, 0.3) is 10.8 Å². The van der Waals surface area contributed by atoms with E-state index in [0.717, 1.165) is 66.5 Å². The second kappa shape index (κ2) is 9.69. The van der Waals surface area contributed by atoms with Gasteiger partial charge in [-0.2, -0.15) is 0 Å². The summed E-state index contributed by atoms with van der Waals surface area (Å²) in [5.41, 5.74) is 6.64. The van der Waals surface area contributed by atoms with Crippen LogP contribution in [0.5, 0.6) is 28.7 Å². The number of aryl methyl sites for hydroxylation is 1. The van der Waals surface area contributed by atoms with E-state index in [2.05, 4.69) is 65.6 Å². The molecule has 3 aliphatic rings. The summed E-state index contributed by atoms with van der Waals surface area (Å²) in [4.78, 5) is 2.62. The van der Waals surface area contributed by atoms with Crippen LogP contribution in [0, 0.1) is 0 Å². The van der Waals surface area contributed by atoms with Gasteiger partial charge in [0.2, 0.25) is 6.79 Å². The van der Waals surface area contributed by atoms with Crippen LogP contribution in [0.2, 0.25) is 0 Å². The lowest BCUT2D eigenvalue weighted by atomic mass is 9.74. The van der Waals surface area contributed by atoms with Gasteiger partial charge in [0.15, 0.2) is 23.0 Å². The van der Waals surface area contributed by atoms with E-state index in [9.17, 15) is 0 Å². The summed E-state index contributed by atoms with van der Waals surface area (Å²) in [6.45, 7) is 2.11. The predicted octanol–water partition coefficient (Wildman–Crippen LogP) is 6.42. The van der Waals surface area contributed by atoms with Crippen LogP contribution in [0.4, 0.5) is 0 Å². The third kappa shape index (κ3) is 3.89. The Kier molecular flexibility index (Phi) is 6.00. The molecule has 0 spiro atoms. The molecule has 0 bridgehead atoms. The van der Waals surface area contributed by atoms with Crippen molar-refractivity contribution in [3.63, 3.8) is 0 Å². The SMILES string of the molecule is COc1ccc2c(c1OC)CN1CCc3cc4c(cc3C1C2CCc1ccc(OC)c2ccccc12)OCO4. The largest absolute Gasteiger partial charge is 0.496 e. The van der Waals surface area contributed by atoms with Crippen molar-refractivity contribution >= 4 is 10.8 Å². The highest BCUT2D eigenvalue weighted by atomic mass is 16.7. The van der Waals surface area contributed by atoms with Crippen LogP contribution in [0.15, 0.2) is 60.7 Å². The summed E-state index contributed by atoms with van der Waals surface area (Å²) < 4.78 is 28.8. The number of nitrogens with zero attached hydrogens (tertiary/aromatic N) is 1. The first-order chi connectivity index (χ1) is 19.2. The predicted molar refractivity (Wildman–Crippen MR) is 151 cm³/mol. The van der Waals surface area contributed by atoms with Crippen molar-refractivity contribution in [2.75, 3.05) is 34.7 Å². The lowest BCUT2D eigenvalue weighted by Gasteiger charge is -2.46. The van der Waals surface area contributed by atoms with Gasteiger partial charge in [-0.05, 0) is 71.2 Å². The van der Waals surface area contributed by atoms with E-state index in [1.54, 1.807) is 21.3 Å². The Hall–Kier alpha value is -3.90. The first-order valence-electron chi connectivity index (χ1n) is 13.6. The molecule has 0 saturated heterocycles. The zero-order valence-corrected chi connectivity index (χ0v) is 22.7. The highest BCUT2D eigenvalue weighted by Crippen LogP contribution is 2.53. The molecular formula is C33H33NO5. The maximum Gasteiger partial charge on any atom is 0.231 e. The van der Waals surface area contributed by atoms with Gasteiger partial charge in [-0.3, -0.25) is 4.90 Å². The van der Waals surface area contributed by atoms with Crippen molar-refractivity contribution < 1.29 is 23.7 Å². The van der Waals surface area contributed by atoms with Crippen molar-refractivity contribution in [2.24, 2.45) is 0 Å². The minimum atomic E-state index is 0.248. The van der Waals surface area contributed by atoms with Gasteiger partial charge in [0.05, 0.1) is 21.3 Å². The summed E-state index contributed by atoms with van der Waals surface area (Å²) in [7, 11) is 5.19. The molecule has 0 aromatic heterocycles. The average molecular weight is 524 g/mol. The smallest absolute Gasteiger partial charge is 0.231 e. The topological polar surface area (TPSA) is 49.4 Å². The van der Waals surface area contributed by atoms with E-state index in [1.807, 2.05) is 0 Å². The monoisotopic (exact) mass is 523 g/mol. The fraction of sp³-hybridized carbons (Fsp3) is 0.333. The number of rotatable bonds is 6. The van der Waals surface area contributed by atoms with E-state index < -0.39 is 0 Å². The fourth-order valence-corrected chi connectivity index (χ4v) is 6.98. The minimum absolute atomic E-state index is 0.248. The Morgan fingerprint density at radius 1 is 0.821 bits per heavy atom. The van der Waals surface area contributed by atoms with Gasteiger partial charge < -0.3 is 23.7 Å². The summed E-state index contributed by atoms with van der Waals surface area (Å²) in [6.07, 6.45) is 2.93. The van der Waals surface area contributed by atoms with Crippen LogP contribution in [0.1, 0.15) is 46.2 Å². The van der Waals surface area contributed by atoms with Crippen LogP contribution in [0.3, 0.4) is 0 Å². The highest BCUT2D eigenvalue weighted by molar-refractivity contribution is 5.91. The summed E-state index contributed by atoms with van der Waals surface area (Å²) in [5.74, 6) is 4.55. The standard InChI is InChI=1S/C33H33NO5/c1-35-28-12-9-20(22-6-4-5-7-24(22)28)8-10-25-23-11-13-29(36-2)33(37-3)27(23)18-34-15-14-21-16-30-31(39-19-38-30)17-26(21)32(25)34/h4-7,9,11-13,16-17,25,32H,8,10,14-15,18-19H2,1-3H3. The van der Waals surface area contributed by atoms with E-state index in [0.29, 0.717) is 6.79 Å². The molecule has 0 amide bonds. The normalized spacial score (nSPS) is 19.3. The molecule has 0 fully saturated rings. The van der Waals surface area contributed by atoms with Crippen molar-refractivity contribution in [3.05, 3.63) is 88.5 Å². The van der Waals surface area contributed by atoms with Crippen molar-refractivity contribution in [2.45, 2.75) is 37.8 Å². The number of ether oxygens (including phenoxy) is 5. The Bertz CT molecular complexity index is 1560. The Balaban J connectivity index is 1.34. The molecule has 3 heterocycles. The van der Waals surface area contributed by atoms with Crippen molar-refractivity contribution in [1.82, 2.24) is 4.90 Å². The van der Waals surface area contributed by atoms with Gasteiger partial charge in [0.1, 0.15) is 5.75 Å². The Labute approximate surface area is 229 Å². The molecular weight excluding hydrogens is 490 g/mol. The van der Waals surface area contributed by atoms with E-state index in [1.165, 1.54) is 33.2 Å². The molecule has 2 unspecified atom stereocenters. The second-order valence-electron chi connectivity index (χ2n) is 10.6. The van der Waals surface area contributed by atoms with Gasteiger partial charge in [-0.25, -0.2) is 0 Å². The maximum absolute atomic E-state index is 5.94. The van der Waals surface area contributed by atoms with Gasteiger partial charge in [-0.15, -0.1) is 0 Å². The number of methoxy groups -OCH3 is 3. The van der Waals surface area contributed by atoms with E-state index in [4.69, 9.17) is 23.7 Å². The zero-order chi connectivity index (χ0) is 26.5. The van der Waals surface area contributed by atoms with Gasteiger partial charge in [0, 0.05) is 36.0 Å². The van der Waals surface area contributed by atoms with Crippen LogP contribution >= 0.6 is 0 Å². The lowest BCUT2D eigenvalue weighted by Crippen LogP contribution is -2.42. The molecule has 7 rings (SSSR count). The summed E-state index contributed by atoms with van der Waals surface area (Å²) >= 11 is 0. The molecule has 200 valence electrons. The summed E-state index contributed by atoms with van der Waals surface area (Å²) in [5, 5.41) is 2.41. The molecule has 4 aromatic carbocycles. The molecule has 0 N–H and O–H groups in total. The molecule has 6 nitrogen and oxygen atoms in total. The molecule has 3 aliphatic heterocycles. The average Bonchev–Trinajstić information content (AvgIpc) is 3.44. The van der Waals surface area contributed by atoms with Crippen LogP contribution in [-0.4, -0.2) is 39.6 Å². The number of benzene rings is 4. The molecule has 39 heavy (non-hydrogen) atoms. The quantitative estimate of drug-likeness (QED) is 0.291. The molecule has 4 aromatic rings. The zero-order valence-electron chi connectivity index (χ0n) is 22.7.